The number of hydrogen-bond acceptors (Lipinski definition) is 6. The van der Waals surface area contributed by atoms with E-state index in [9.17, 15) is 14.4 Å². The van der Waals surface area contributed by atoms with Crippen LogP contribution in [0.3, 0.4) is 0 Å². The van der Waals surface area contributed by atoms with Gasteiger partial charge in [0.2, 0.25) is 11.8 Å². The Morgan fingerprint density at radius 1 is 0.955 bits per heavy atom. The number of carbonyl (C=O) groups is 3. The number of nitrogens with one attached hydrogen (secondary N) is 3. The van der Waals surface area contributed by atoms with Gasteiger partial charge in [-0.15, -0.1) is 11.3 Å². The van der Waals surface area contributed by atoms with E-state index in [1.54, 1.807) is 0 Å². The molecule has 8 nitrogen and oxygen atoms in total. The minimum atomic E-state index is -1.02. The first-order chi connectivity index (χ1) is 21.4. The van der Waals surface area contributed by atoms with Crippen LogP contribution in [-0.4, -0.2) is 84.9 Å². The summed E-state index contributed by atoms with van der Waals surface area (Å²) in [6.45, 7) is 5.53. The summed E-state index contributed by atoms with van der Waals surface area (Å²) in [7, 11) is 2.18. The van der Waals surface area contributed by atoms with Crippen LogP contribution in [0.25, 0.3) is 10.1 Å². The molecular formula is C35H45N5O3S. The Hall–Kier alpha value is -3.27. The summed E-state index contributed by atoms with van der Waals surface area (Å²) in [6.07, 6.45) is 6.27. The van der Waals surface area contributed by atoms with Crippen molar-refractivity contribution in [1.82, 2.24) is 25.8 Å². The monoisotopic (exact) mass is 615 g/mol. The van der Waals surface area contributed by atoms with Gasteiger partial charge in [0.05, 0.1) is 4.88 Å². The topological polar surface area (TPSA) is 93.8 Å². The molecule has 3 atom stereocenters. The third-order valence-electron chi connectivity index (χ3n) is 9.80. The molecule has 1 aliphatic heterocycles. The summed E-state index contributed by atoms with van der Waals surface area (Å²) < 4.78 is 1.04. The van der Waals surface area contributed by atoms with Crippen molar-refractivity contribution in [2.24, 2.45) is 5.92 Å². The first-order valence-corrected chi connectivity index (χ1v) is 17.1. The maximum atomic E-state index is 14.0. The first-order valence-electron chi connectivity index (χ1n) is 16.2. The van der Waals surface area contributed by atoms with Crippen molar-refractivity contribution in [3.8, 4) is 0 Å². The van der Waals surface area contributed by atoms with E-state index in [1.165, 1.54) is 11.3 Å². The molecule has 3 fully saturated rings. The summed E-state index contributed by atoms with van der Waals surface area (Å²) in [5, 5.41) is 10.5. The van der Waals surface area contributed by atoms with Crippen LogP contribution >= 0.6 is 11.3 Å². The van der Waals surface area contributed by atoms with Crippen LogP contribution < -0.4 is 16.0 Å². The van der Waals surface area contributed by atoms with E-state index in [-0.39, 0.29) is 23.8 Å². The molecule has 2 aliphatic carbocycles. The number of rotatable bonds is 10. The van der Waals surface area contributed by atoms with Crippen molar-refractivity contribution in [1.29, 1.82) is 0 Å². The molecule has 3 amide bonds. The molecule has 2 saturated carbocycles. The highest BCUT2D eigenvalue weighted by atomic mass is 32.1. The summed E-state index contributed by atoms with van der Waals surface area (Å²) >= 11 is 1.44. The molecule has 9 heteroatoms. The highest BCUT2D eigenvalue weighted by Gasteiger charge is 2.44. The van der Waals surface area contributed by atoms with Gasteiger partial charge in [-0.25, -0.2) is 0 Å². The van der Waals surface area contributed by atoms with E-state index in [0.717, 1.165) is 80.5 Å². The van der Waals surface area contributed by atoms with E-state index in [0.29, 0.717) is 30.1 Å². The Labute approximate surface area is 264 Å². The van der Waals surface area contributed by atoms with E-state index < -0.39 is 11.6 Å². The van der Waals surface area contributed by atoms with Gasteiger partial charge >= 0.3 is 0 Å². The molecule has 1 saturated heterocycles. The minimum absolute atomic E-state index is 0.114. The Morgan fingerprint density at radius 3 is 2.43 bits per heavy atom. The second kappa shape index (κ2) is 13.8. The van der Waals surface area contributed by atoms with Gasteiger partial charge in [-0.1, -0.05) is 61.4 Å². The molecule has 3 aromatic rings. The zero-order valence-electron chi connectivity index (χ0n) is 25.7. The predicted molar refractivity (Wildman–Crippen MR) is 176 cm³/mol. The Kier molecular flexibility index (Phi) is 9.64. The first kappa shape index (κ1) is 30.7. The van der Waals surface area contributed by atoms with Crippen molar-refractivity contribution in [3.05, 3.63) is 71.1 Å². The van der Waals surface area contributed by atoms with Crippen LogP contribution in [-0.2, 0) is 16.0 Å². The number of likely N-dealkylation sites (N-methyl/N-ethyl adjacent to an activating group) is 1. The van der Waals surface area contributed by atoms with Gasteiger partial charge in [0.15, 0.2) is 0 Å². The van der Waals surface area contributed by atoms with Gasteiger partial charge in [-0.3, -0.25) is 14.4 Å². The normalized spacial score (nSPS) is 22.9. The standard InChI is InChI=1S/C35H45N5O3S/c1-39-17-19-40(20-18-39)24-26-13-14-28(21-26)36-32(41)29(22-25-9-3-2-4-10-25)37-34(43)35(15-7-8-16-35)38-33(42)31-23-27-11-5-6-12-30(27)44-31/h2-6,9-12,23,26,28-29H,7-8,13-22,24H2,1H3,(H,36,41)(H,37,43)(H,38,42)/t26-,28+,29-/m1/s1. The lowest BCUT2D eigenvalue weighted by molar-refractivity contribution is -0.132. The maximum absolute atomic E-state index is 14.0. The highest BCUT2D eigenvalue weighted by Crippen LogP contribution is 2.32. The molecule has 234 valence electrons. The smallest absolute Gasteiger partial charge is 0.262 e. The molecule has 3 N–H and O–H groups in total. The molecule has 2 aromatic carbocycles. The Balaban J connectivity index is 1.12. The molecule has 2 heterocycles. The summed E-state index contributed by atoms with van der Waals surface area (Å²) in [6, 6.07) is 19.0. The molecule has 0 spiro atoms. The van der Waals surface area contributed by atoms with E-state index >= 15 is 0 Å². The molecule has 1 aromatic heterocycles. The number of carbonyl (C=O) groups excluding carboxylic acids is 3. The van der Waals surface area contributed by atoms with Gasteiger partial charge < -0.3 is 25.8 Å². The lowest BCUT2D eigenvalue weighted by atomic mass is 9.94. The van der Waals surface area contributed by atoms with Gasteiger partial charge in [0.1, 0.15) is 11.6 Å². The highest BCUT2D eigenvalue weighted by molar-refractivity contribution is 7.20. The van der Waals surface area contributed by atoms with Crippen molar-refractivity contribution in [3.63, 3.8) is 0 Å². The van der Waals surface area contributed by atoms with Crippen LogP contribution in [0.1, 0.15) is 60.2 Å². The van der Waals surface area contributed by atoms with Crippen LogP contribution in [0.15, 0.2) is 60.7 Å². The lowest BCUT2D eigenvalue weighted by Gasteiger charge is -2.34. The molecule has 3 aliphatic rings. The van der Waals surface area contributed by atoms with Crippen LogP contribution in [0.5, 0.6) is 0 Å². The second-order valence-electron chi connectivity index (χ2n) is 13.1. The zero-order valence-corrected chi connectivity index (χ0v) is 26.5. The largest absolute Gasteiger partial charge is 0.352 e. The van der Waals surface area contributed by atoms with Gasteiger partial charge in [0, 0.05) is 49.9 Å². The summed E-state index contributed by atoms with van der Waals surface area (Å²) in [5.74, 6) is -0.0577. The number of thiophene rings is 1. The Bertz CT molecular complexity index is 1410. The molecule has 0 radical (unpaired) electrons. The number of piperazine rings is 1. The van der Waals surface area contributed by atoms with Crippen molar-refractivity contribution in [2.75, 3.05) is 39.8 Å². The molecule has 44 heavy (non-hydrogen) atoms. The quantitative estimate of drug-likeness (QED) is 0.318. The van der Waals surface area contributed by atoms with Crippen LogP contribution in [0.2, 0.25) is 0 Å². The Morgan fingerprint density at radius 2 is 1.68 bits per heavy atom. The lowest BCUT2D eigenvalue weighted by Crippen LogP contribution is -2.61. The van der Waals surface area contributed by atoms with Gasteiger partial charge in [0.25, 0.3) is 5.91 Å². The predicted octanol–water partition coefficient (Wildman–Crippen LogP) is 4.20. The number of fused-ring (bicyclic) bond motifs is 1. The van der Waals surface area contributed by atoms with Crippen LogP contribution in [0.4, 0.5) is 0 Å². The number of amides is 3. The molecule has 0 bridgehead atoms. The third-order valence-corrected chi connectivity index (χ3v) is 10.9. The molecular weight excluding hydrogens is 570 g/mol. The van der Waals surface area contributed by atoms with Crippen molar-refractivity contribution < 1.29 is 14.4 Å². The minimum Gasteiger partial charge on any atom is -0.352 e. The fourth-order valence-electron chi connectivity index (χ4n) is 7.18. The summed E-state index contributed by atoms with van der Waals surface area (Å²) in [4.78, 5) is 46.8. The molecule has 6 rings (SSSR count). The average molecular weight is 616 g/mol. The number of benzene rings is 2. The fraction of sp³-hybridized carbons (Fsp3) is 0.514. The fourth-order valence-corrected chi connectivity index (χ4v) is 8.14. The van der Waals surface area contributed by atoms with Crippen LogP contribution in [0, 0.1) is 5.92 Å². The third kappa shape index (κ3) is 7.33. The van der Waals surface area contributed by atoms with E-state index in [4.69, 9.17) is 0 Å². The maximum Gasteiger partial charge on any atom is 0.262 e. The SMILES string of the molecule is CN1CCN(C[C@@H]2CC[C@H](NC(=O)[C@@H](Cc3ccccc3)NC(=O)C3(NC(=O)c4cc5ccccc5s4)CCCC3)C2)CC1. The van der Waals surface area contributed by atoms with Gasteiger partial charge in [-0.2, -0.15) is 0 Å². The average Bonchev–Trinajstić information content (AvgIpc) is 3.79. The number of nitrogens with zero attached hydrogens (tertiary/aromatic N) is 2. The summed E-state index contributed by atoms with van der Waals surface area (Å²) in [5.41, 5.74) is -0.0363. The second-order valence-corrected chi connectivity index (χ2v) is 14.2. The van der Waals surface area contributed by atoms with E-state index in [2.05, 4.69) is 32.8 Å². The van der Waals surface area contributed by atoms with Crippen molar-refractivity contribution >= 4 is 39.1 Å². The van der Waals surface area contributed by atoms with E-state index in [1.807, 2.05) is 60.7 Å². The number of hydrogen-bond donors (Lipinski definition) is 3. The zero-order chi connectivity index (χ0) is 30.5. The van der Waals surface area contributed by atoms with Crippen molar-refractivity contribution in [2.45, 2.75) is 69.0 Å². The molecule has 0 unspecified atom stereocenters. The van der Waals surface area contributed by atoms with Gasteiger partial charge in [-0.05, 0) is 68.2 Å².